The number of rotatable bonds is 5. The van der Waals surface area contributed by atoms with Crippen molar-refractivity contribution in [2.24, 2.45) is 0 Å². The largest absolute Gasteiger partial charge is 0.445 e. The first-order valence-corrected chi connectivity index (χ1v) is 7.02. The Morgan fingerprint density at radius 3 is 2.92 bits per heavy atom. The van der Waals surface area contributed by atoms with Crippen LogP contribution in [0.3, 0.4) is 0 Å². The van der Waals surface area contributed by atoms with Gasteiger partial charge in [-0.25, -0.2) is 19.4 Å². The molecule has 0 aliphatic carbocycles. The molecule has 134 valence electrons. The Labute approximate surface area is 139 Å². The van der Waals surface area contributed by atoms with Gasteiger partial charge in [0.25, 0.3) is 5.56 Å². The van der Waals surface area contributed by atoms with Gasteiger partial charge in [0.2, 0.25) is 0 Å². The fourth-order valence-electron chi connectivity index (χ4n) is 1.90. The first kappa shape index (κ1) is 18.2. The molecule has 2 aromatic rings. The van der Waals surface area contributed by atoms with Crippen LogP contribution in [0.1, 0.15) is 12.5 Å². The average molecular weight is 357 g/mol. The van der Waals surface area contributed by atoms with Gasteiger partial charge in [0.1, 0.15) is 18.5 Å². The van der Waals surface area contributed by atoms with Crippen molar-refractivity contribution in [1.29, 1.82) is 0 Å². The Balaban J connectivity index is 1.94. The highest BCUT2D eigenvalue weighted by Crippen LogP contribution is 2.31. The van der Waals surface area contributed by atoms with Crippen LogP contribution < -0.4 is 10.9 Å². The van der Waals surface area contributed by atoms with Gasteiger partial charge in [-0.2, -0.15) is 18.3 Å². The second kappa shape index (κ2) is 7.64. The summed E-state index contributed by atoms with van der Waals surface area (Å²) in [6, 6.07) is -0.573. The molecule has 0 aliphatic heterocycles. The third-order valence-electron chi connectivity index (χ3n) is 2.97. The number of ether oxygens (including phenoxy) is 1. The number of aromatic nitrogens is 4. The van der Waals surface area contributed by atoms with E-state index in [0.717, 1.165) is 10.8 Å². The van der Waals surface area contributed by atoms with E-state index in [4.69, 9.17) is 4.74 Å². The Bertz CT molecular complexity index is 799. The van der Waals surface area contributed by atoms with Gasteiger partial charge in [-0.15, -0.1) is 0 Å². The van der Waals surface area contributed by atoms with E-state index >= 15 is 0 Å². The van der Waals surface area contributed by atoms with E-state index < -0.39 is 35.1 Å². The Hall–Kier alpha value is -3.11. The van der Waals surface area contributed by atoms with E-state index in [9.17, 15) is 22.8 Å². The maximum atomic E-state index is 12.9. The van der Waals surface area contributed by atoms with Crippen molar-refractivity contribution in [2.75, 3.05) is 11.9 Å². The van der Waals surface area contributed by atoms with Crippen LogP contribution in [0, 0.1) is 0 Å². The molecule has 2 rings (SSSR count). The Kier molecular flexibility index (Phi) is 5.57. The van der Waals surface area contributed by atoms with Crippen molar-refractivity contribution in [3.8, 4) is 0 Å². The Morgan fingerprint density at radius 2 is 2.28 bits per heavy atom. The van der Waals surface area contributed by atoms with Crippen molar-refractivity contribution < 1.29 is 22.7 Å². The molecule has 0 spiro atoms. The van der Waals surface area contributed by atoms with Gasteiger partial charge >= 0.3 is 12.3 Å². The molecule has 8 nitrogen and oxygen atoms in total. The molecule has 2 N–H and O–H groups in total. The molecular formula is C14H14F3N5O3. The highest BCUT2D eigenvalue weighted by atomic mass is 19.4. The van der Waals surface area contributed by atoms with Crippen LogP contribution >= 0.6 is 0 Å². The minimum Gasteiger partial charge on any atom is -0.445 e. The number of imidazole rings is 1. The van der Waals surface area contributed by atoms with Gasteiger partial charge in [-0.05, 0) is 13.0 Å². The molecule has 25 heavy (non-hydrogen) atoms. The van der Waals surface area contributed by atoms with Gasteiger partial charge in [-0.3, -0.25) is 4.79 Å². The van der Waals surface area contributed by atoms with Crippen LogP contribution in [-0.2, 0) is 10.9 Å². The van der Waals surface area contributed by atoms with Crippen LogP contribution in [0.15, 0.2) is 41.9 Å². The van der Waals surface area contributed by atoms with Gasteiger partial charge < -0.3 is 10.1 Å². The fraction of sp³-hybridized carbons (Fsp3) is 0.286. The molecule has 0 unspecified atom stereocenters. The van der Waals surface area contributed by atoms with E-state index in [-0.39, 0.29) is 6.61 Å². The summed E-state index contributed by atoms with van der Waals surface area (Å²) >= 11 is 0. The number of hydrogen-bond donors (Lipinski definition) is 2. The number of nitrogens with zero attached hydrogens (tertiary/aromatic N) is 3. The molecule has 0 aromatic carbocycles. The number of alkyl halides is 3. The molecule has 0 bridgehead atoms. The molecular weight excluding hydrogens is 343 g/mol. The van der Waals surface area contributed by atoms with Gasteiger partial charge in [-0.1, -0.05) is 6.08 Å². The minimum atomic E-state index is -4.82. The van der Waals surface area contributed by atoms with Gasteiger partial charge in [0.15, 0.2) is 0 Å². The maximum absolute atomic E-state index is 12.9. The lowest BCUT2D eigenvalue weighted by Crippen LogP contribution is -2.26. The number of carbonyl (C=O) groups is 1. The third kappa shape index (κ3) is 4.93. The predicted molar refractivity (Wildman–Crippen MR) is 81.1 cm³/mol. The molecule has 0 aliphatic rings. The van der Waals surface area contributed by atoms with Crippen molar-refractivity contribution in [1.82, 2.24) is 19.7 Å². The van der Waals surface area contributed by atoms with Crippen molar-refractivity contribution in [3.05, 3.63) is 53.0 Å². The van der Waals surface area contributed by atoms with E-state index in [0.29, 0.717) is 0 Å². The quantitative estimate of drug-likeness (QED) is 0.794. The monoisotopic (exact) mass is 357 g/mol. The fourth-order valence-corrected chi connectivity index (χ4v) is 1.90. The number of aromatic amines is 1. The Morgan fingerprint density at radius 1 is 1.52 bits per heavy atom. The summed E-state index contributed by atoms with van der Waals surface area (Å²) in [6.07, 6.45) is 2.47. The standard InChI is InChI=1S/C14H14F3N5O3/c1-9(3-2-6-25-13(24)22-5-4-18-8-22)20-10-7-19-21-12(23)11(10)14(15,16)17/h2-5,7-9H,6H2,1H3,(H2,20,21,23)/b3-2+/t9-/m0/s1. The lowest BCUT2D eigenvalue weighted by atomic mass is 10.2. The molecule has 0 fully saturated rings. The van der Waals surface area contributed by atoms with Crippen molar-refractivity contribution in [3.63, 3.8) is 0 Å². The highest BCUT2D eigenvalue weighted by molar-refractivity contribution is 5.70. The summed E-state index contributed by atoms with van der Waals surface area (Å²) in [5, 5.41) is 7.64. The zero-order valence-corrected chi connectivity index (χ0v) is 12.9. The average Bonchev–Trinajstić information content (AvgIpc) is 3.04. The second-order valence-electron chi connectivity index (χ2n) is 4.89. The predicted octanol–water partition coefficient (Wildman–Crippen LogP) is 2.03. The normalized spacial score (nSPS) is 13.0. The summed E-state index contributed by atoms with van der Waals surface area (Å²) in [6.45, 7) is 1.48. The second-order valence-corrected chi connectivity index (χ2v) is 4.89. The highest BCUT2D eigenvalue weighted by Gasteiger charge is 2.37. The molecule has 0 radical (unpaired) electrons. The van der Waals surface area contributed by atoms with Crippen LogP contribution in [0.25, 0.3) is 0 Å². The van der Waals surface area contributed by atoms with Crippen LogP contribution in [0.2, 0.25) is 0 Å². The molecule has 2 aromatic heterocycles. The summed E-state index contributed by atoms with van der Waals surface area (Å²) in [7, 11) is 0. The van der Waals surface area contributed by atoms with Gasteiger partial charge in [0.05, 0.1) is 11.9 Å². The topological polar surface area (TPSA) is 102 Å². The molecule has 2 heterocycles. The maximum Gasteiger partial charge on any atom is 0.423 e. The molecule has 11 heteroatoms. The van der Waals surface area contributed by atoms with Crippen molar-refractivity contribution in [2.45, 2.75) is 19.1 Å². The lowest BCUT2D eigenvalue weighted by molar-refractivity contribution is -0.138. The number of hydrogen-bond acceptors (Lipinski definition) is 6. The minimum absolute atomic E-state index is 0.0806. The van der Waals surface area contributed by atoms with E-state index in [1.807, 2.05) is 0 Å². The number of halogens is 3. The number of anilines is 1. The molecule has 0 saturated heterocycles. The molecule has 1 atom stereocenters. The summed E-state index contributed by atoms with van der Waals surface area (Å²) in [4.78, 5) is 26.6. The van der Waals surface area contributed by atoms with E-state index in [1.54, 1.807) is 12.0 Å². The van der Waals surface area contributed by atoms with Crippen molar-refractivity contribution >= 4 is 11.8 Å². The summed E-state index contributed by atoms with van der Waals surface area (Å²) in [5.74, 6) is 0. The third-order valence-corrected chi connectivity index (χ3v) is 2.97. The zero-order chi connectivity index (χ0) is 18.4. The smallest absolute Gasteiger partial charge is 0.423 e. The van der Waals surface area contributed by atoms with E-state index in [2.05, 4.69) is 15.4 Å². The molecule has 0 saturated carbocycles. The first-order valence-electron chi connectivity index (χ1n) is 7.02. The number of nitrogens with one attached hydrogen (secondary N) is 2. The van der Waals surface area contributed by atoms with Gasteiger partial charge in [0, 0.05) is 18.4 Å². The first-order chi connectivity index (χ1) is 11.8. The summed E-state index contributed by atoms with van der Waals surface area (Å²) < 4.78 is 44.8. The van der Waals surface area contributed by atoms with Crippen LogP contribution in [-0.4, -0.2) is 38.5 Å². The van der Waals surface area contributed by atoms with Crippen LogP contribution in [0.5, 0.6) is 0 Å². The van der Waals surface area contributed by atoms with Crippen LogP contribution in [0.4, 0.5) is 23.7 Å². The number of H-pyrrole nitrogens is 1. The van der Waals surface area contributed by atoms with E-state index in [1.165, 1.54) is 30.9 Å². The molecule has 0 amide bonds. The SMILES string of the molecule is C[C@@H](/C=C/COC(=O)n1ccnc1)Nc1cn[nH]c(=O)c1C(F)(F)F. The zero-order valence-electron chi connectivity index (χ0n) is 12.9. The lowest BCUT2D eigenvalue weighted by Gasteiger charge is -2.15. The summed E-state index contributed by atoms with van der Waals surface area (Å²) in [5.41, 5.74) is -3.12. The number of carbonyl (C=O) groups excluding carboxylic acids is 1.